The van der Waals surface area contributed by atoms with Crippen LogP contribution >= 0.6 is 11.6 Å². The van der Waals surface area contributed by atoms with Gasteiger partial charge >= 0.3 is 0 Å². The molecule has 1 heterocycles. The van der Waals surface area contributed by atoms with Gasteiger partial charge in [-0.1, -0.05) is 78.3 Å². The molecule has 4 heteroatoms. The minimum absolute atomic E-state index is 0.650. The lowest BCUT2D eigenvalue weighted by molar-refractivity contribution is 0.112. The molecule has 4 rings (SSSR count). The molecule has 0 saturated heterocycles. The van der Waals surface area contributed by atoms with E-state index in [0.29, 0.717) is 10.6 Å². The maximum atomic E-state index is 11.0. The second-order valence-electron chi connectivity index (χ2n) is 6.31. The topological polar surface area (TPSA) is 34.9 Å². The van der Waals surface area contributed by atoms with Gasteiger partial charge in [-0.3, -0.25) is 9.48 Å². The Labute approximate surface area is 162 Å². The number of benzene rings is 3. The molecule has 4 aromatic rings. The summed E-state index contributed by atoms with van der Waals surface area (Å²) in [6.07, 6.45) is 0.852. The van der Waals surface area contributed by atoms with Crippen molar-refractivity contribution >= 4 is 17.9 Å². The molecular formula is C23H17ClN2O. The summed E-state index contributed by atoms with van der Waals surface area (Å²) in [6.45, 7) is 0. The van der Waals surface area contributed by atoms with Crippen molar-refractivity contribution in [3.8, 4) is 33.6 Å². The van der Waals surface area contributed by atoms with E-state index in [2.05, 4.69) is 12.1 Å². The molecule has 0 radical (unpaired) electrons. The molecule has 0 N–H and O–H groups in total. The number of carbonyl (C=O) groups is 1. The SMILES string of the molecule is Cn1nc(-c2ccc(Cl)cc2)c(-c2ccc(C=O)cc2)c1-c1ccccc1. The molecule has 0 bridgehead atoms. The standard InChI is InChI=1S/C23H17ClN2O/c1-26-23(19-5-3-2-4-6-19)21(17-9-7-16(15-27)8-10-17)22(25-26)18-11-13-20(24)14-12-18/h2-15H,1H3. The van der Waals surface area contributed by atoms with Gasteiger partial charge in [-0.15, -0.1) is 0 Å². The molecule has 0 unspecified atom stereocenters. The first-order valence-corrected chi connectivity index (χ1v) is 8.99. The fraction of sp³-hybridized carbons (Fsp3) is 0.0435. The number of hydrogen-bond acceptors (Lipinski definition) is 2. The summed E-state index contributed by atoms with van der Waals surface area (Å²) < 4.78 is 1.91. The van der Waals surface area contributed by atoms with E-state index in [-0.39, 0.29) is 0 Å². The molecular weight excluding hydrogens is 356 g/mol. The zero-order chi connectivity index (χ0) is 18.8. The Morgan fingerprint density at radius 3 is 2.07 bits per heavy atom. The van der Waals surface area contributed by atoms with Crippen LogP contribution in [0.1, 0.15) is 10.4 Å². The average Bonchev–Trinajstić information content (AvgIpc) is 3.06. The lowest BCUT2D eigenvalue weighted by Gasteiger charge is -2.09. The number of halogens is 1. The molecule has 27 heavy (non-hydrogen) atoms. The Morgan fingerprint density at radius 2 is 1.44 bits per heavy atom. The van der Waals surface area contributed by atoms with E-state index >= 15 is 0 Å². The lowest BCUT2D eigenvalue weighted by atomic mass is 9.95. The Hall–Kier alpha value is -3.17. The van der Waals surface area contributed by atoms with Gasteiger partial charge in [-0.25, -0.2) is 0 Å². The Kier molecular flexibility index (Phi) is 4.61. The first kappa shape index (κ1) is 17.3. The predicted molar refractivity (Wildman–Crippen MR) is 110 cm³/mol. The first-order valence-electron chi connectivity index (χ1n) is 8.61. The van der Waals surface area contributed by atoms with Crippen molar-refractivity contribution in [2.45, 2.75) is 0 Å². The van der Waals surface area contributed by atoms with Crippen molar-refractivity contribution in [2.75, 3.05) is 0 Å². The largest absolute Gasteiger partial charge is 0.298 e. The number of aromatic nitrogens is 2. The van der Waals surface area contributed by atoms with Crippen LogP contribution in [-0.4, -0.2) is 16.1 Å². The highest BCUT2D eigenvalue weighted by molar-refractivity contribution is 6.30. The van der Waals surface area contributed by atoms with E-state index in [4.69, 9.17) is 16.7 Å². The summed E-state index contributed by atoms with van der Waals surface area (Å²) in [4.78, 5) is 11.0. The quantitative estimate of drug-likeness (QED) is 0.419. The van der Waals surface area contributed by atoms with Gasteiger partial charge in [0.1, 0.15) is 12.0 Å². The average molecular weight is 373 g/mol. The van der Waals surface area contributed by atoms with Crippen LogP contribution in [0.25, 0.3) is 33.6 Å². The first-order chi connectivity index (χ1) is 13.2. The third-order valence-electron chi connectivity index (χ3n) is 4.55. The van der Waals surface area contributed by atoms with Crippen LogP contribution in [0.2, 0.25) is 5.02 Å². The zero-order valence-corrected chi connectivity index (χ0v) is 15.5. The normalized spacial score (nSPS) is 10.7. The smallest absolute Gasteiger partial charge is 0.150 e. The molecule has 0 aliphatic heterocycles. The molecule has 0 fully saturated rings. The van der Waals surface area contributed by atoms with E-state index in [1.807, 2.05) is 78.5 Å². The van der Waals surface area contributed by atoms with Crippen molar-refractivity contribution in [3.63, 3.8) is 0 Å². The number of aryl methyl sites for hydroxylation is 1. The third kappa shape index (κ3) is 3.29. The molecule has 0 spiro atoms. The molecule has 0 aliphatic carbocycles. The monoisotopic (exact) mass is 372 g/mol. The number of aldehydes is 1. The van der Waals surface area contributed by atoms with Crippen LogP contribution < -0.4 is 0 Å². The minimum atomic E-state index is 0.650. The summed E-state index contributed by atoms with van der Waals surface area (Å²) in [5.74, 6) is 0. The van der Waals surface area contributed by atoms with E-state index in [0.717, 1.165) is 39.9 Å². The van der Waals surface area contributed by atoms with Crippen molar-refractivity contribution < 1.29 is 4.79 Å². The minimum Gasteiger partial charge on any atom is -0.298 e. The van der Waals surface area contributed by atoms with E-state index < -0.39 is 0 Å². The van der Waals surface area contributed by atoms with Gasteiger partial charge < -0.3 is 0 Å². The summed E-state index contributed by atoms with van der Waals surface area (Å²) in [5, 5.41) is 5.50. The van der Waals surface area contributed by atoms with Crippen LogP contribution in [0, 0.1) is 0 Å². The highest BCUT2D eigenvalue weighted by atomic mass is 35.5. The van der Waals surface area contributed by atoms with Gasteiger partial charge in [0, 0.05) is 34.3 Å². The predicted octanol–water partition coefficient (Wildman–Crippen LogP) is 5.89. The molecule has 0 atom stereocenters. The second-order valence-corrected chi connectivity index (χ2v) is 6.75. The van der Waals surface area contributed by atoms with Gasteiger partial charge in [0.05, 0.1) is 5.69 Å². The van der Waals surface area contributed by atoms with Gasteiger partial charge in [0.2, 0.25) is 0 Å². The molecule has 132 valence electrons. The van der Waals surface area contributed by atoms with Crippen molar-refractivity contribution in [2.24, 2.45) is 7.05 Å². The van der Waals surface area contributed by atoms with E-state index in [1.54, 1.807) is 0 Å². The van der Waals surface area contributed by atoms with E-state index in [9.17, 15) is 4.79 Å². The van der Waals surface area contributed by atoms with Crippen LogP contribution in [0.5, 0.6) is 0 Å². The molecule has 3 nitrogen and oxygen atoms in total. The van der Waals surface area contributed by atoms with Crippen molar-refractivity contribution in [1.82, 2.24) is 9.78 Å². The number of carbonyl (C=O) groups excluding carboxylic acids is 1. The molecule has 0 amide bonds. The summed E-state index contributed by atoms with van der Waals surface area (Å²) >= 11 is 6.06. The van der Waals surface area contributed by atoms with E-state index in [1.165, 1.54) is 0 Å². The fourth-order valence-corrected chi connectivity index (χ4v) is 3.39. The van der Waals surface area contributed by atoms with Crippen LogP contribution in [0.15, 0.2) is 78.9 Å². The molecule has 1 aromatic heterocycles. The van der Waals surface area contributed by atoms with Crippen LogP contribution in [-0.2, 0) is 7.05 Å². The Bertz CT molecular complexity index is 1080. The third-order valence-corrected chi connectivity index (χ3v) is 4.80. The molecule has 3 aromatic carbocycles. The summed E-state index contributed by atoms with van der Waals surface area (Å²) in [5.41, 5.74) is 6.68. The molecule has 0 saturated carbocycles. The van der Waals surface area contributed by atoms with Crippen molar-refractivity contribution in [1.29, 1.82) is 0 Å². The maximum Gasteiger partial charge on any atom is 0.150 e. The highest BCUT2D eigenvalue weighted by Gasteiger charge is 2.20. The number of nitrogens with zero attached hydrogens (tertiary/aromatic N) is 2. The molecule has 0 aliphatic rings. The maximum absolute atomic E-state index is 11.0. The zero-order valence-electron chi connectivity index (χ0n) is 14.8. The Morgan fingerprint density at radius 1 is 0.815 bits per heavy atom. The van der Waals surface area contributed by atoms with Gasteiger partial charge in [-0.2, -0.15) is 5.10 Å². The van der Waals surface area contributed by atoms with Gasteiger partial charge in [0.15, 0.2) is 0 Å². The summed E-state index contributed by atoms with van der Waals surface area (Å²) in [6, 6.07) is 25.5. The van der Waals surface area contributed by atoms with Gasteiger partial charge in [-0.05, 0) is 17.7 Å². The van der Waals surface area contributed by atoms with Crippen LogP contribution in [0.3, 0.4) is 0 Å². The van der Waals surface area contributed by atoms with Gasteiger partial charge in [0.25, 0.3) is 0 Å². The van der Waals surface area contributed by atoms with Crippen molar-refractivity contribution in [3.05, 3.63) is 89.4 Å². The highest BCUT2D eigenvalue weighted by Crippen LogP contribution is 2.39. The number of rotatable bonds is 4. The van der Waals surface area contributed by atoms with Crippen LogP contribution in [0.4, 0.5) is 0 Å². The lowest BCUT2D eigenvalue weighted by Crippen LogP contribution is -1.94. The second kappa shape index (κ2) is 7.22. The summed E-state index contributed by atoms with van der Waals surface area (Å²) in [7, 11) is 1.95. The Balaban J connectivity index is 1.99. The number of hydrogen-bond donors (Lipinski definition) is 0. The fourth-order valence-electron chi connectivity index (χ4n) is 3.26.